The third-order valence-electron chi connectivity index (χ3n) is 6.12. The van der Waals surface area contributed by atoms with Crippen molar-refractivity contribution in [2.24, 2.45) is 0 Å². The Morgan fingerprint density at radius 1 is 0.889 bits per heavy atom. The van der Waals surface area contributed by atoms with E-state index in [1.54, 1.807) is 0 Å². The molecule has 2 aliphatic rings. The van der Waals surface area contributed by atoms with Gasteiger partial charge in [-0.1, -0.05) is 72.8 Å². The van der Waals surface area contributed by atoms with Crippen molar-refractivity contribution < 1.29 is 9.90 Å². The van der Waals surface area contributed by atoms with Crippen LogP contribution in [0, 0.1) is 0 Å². The minimum absolute atomic E-state index is 0.00482. The maximum Gasteiger partial charge on any atom is 0.255 e. The Morgan fingerprint density at radius 2 is 1.56 bits per heavy atom. The Morgan fingerprint density at radius 3 is 2.33 bits per heavy atom. The summed E-state index contributed by atoms with van der Waals surface area (Å²) in [4.78, 5) is 15.5. The predicted molar refractivity (Wildman–Crippen MR) is 104 cm³/mol. The van der Waals surface area contributed by atoms with Gasteiger partial charge in [-0.25, -0.2) is 0 Å². The van der Waals surface area contributed by atoms with Crippen LogP contribution in [-0.4, -0.2) is 22.5 Å². The molecule has 1 N–H and O–H groups in total. The summed E-state index contributed by atoms with van der Waals surface area (Å²) < 4.78 is 0. The number of aliphatic hydroxyl groups excluding tert-OH is 1. The molecule has 0 saturated heterocycles. The summed E-state index contributed by atoms with van der Waals surface area (Å²) in [6.07, 6.45) is 1.78. The van der Waals surface area contributed by atoms with Gasteiger partial charge in [-0.05, 0) is 41.2 Å². The highest BCUT2D eigenvalue weighted by atomic mass is 16.3. The first-order valence-electron chi connectivity index (χ1n) is 9.45. The number of hydrogen-bond acceptors (Lipinski definition) is 2. The van der Waals surface area contributed by atoms with Crippen LogP contribution >= 0.6 is 0 Å². The van der Waals surface area contributed by atoms with E-state index in [0.717, 1.165) is 29.5 Å². The molecule has 1 heterocycles. The van der Waals surface area contributed by atoms with Gasteiger partial charge in [0.2, 0.25) is 0 Å². The molecule has 134 valence electrons. The summed E-state index contributed by atoms with van der Waals surface area (Å²) in [7, 11) is 0. The van der Waals surface area contributed by atoms with Gasteiger partial charge >= 0.3 is 0 Å². The summed E-state index contributed by atoms with van der Waals surface area (Å²) in [6.45, 7) is -0.104. The van der Waals surface area contributed by atoms with E-state index in [1.807, 2.05) is 59.5 Å². The molecular weight excluding hydrogens is 334 g/mol. The quantitative estimate of drug-likeness (QED) is 0.769. The summed E-state index contributed by atoms with van der Waals surface area (Å²) in [6, 6.07) is 25.8. The Kier molecular flexibility index (Phi) is 3.66. The van der Waals surface area contributed by atoms with Crippen molar-refractivity contribution in [2.45, 2.75) is 24.4 Å². The predicted octanol–water partition coefficient (Wildman–Crippen LogP) is 4.07. The molecule has 3 aromatic carbocycles. The maximum absolute atomic E-state index is 13.6. The van der Waals surface area contributed by atoms with Crippen molar-refractivity contribution in [1.29, 1.82) is 0 Å². The summed E-state index contributed by atoms with van der Waals surface area (Å²) >= 11 is 0. The summed E-state index contributed by atoms with van der Waals surface area (Å²) in [5.41, 5.74) is 4.75. The van der Waals surface area contributed by atoms with Crippen molar-refractivity contribution in [3.8, 4) is 0 Å². The number of fused-ring (bicyclic) bond motifs is 4. The first kappa shape index (κ1) is 16.3. The number of aliphatic hydroxyl groups is 1. The molecule has 1 spiro atoms. The van der Waals surface area contributed by atoms with Gasteiger partial charge in [0.1, 0.15) is 0 Å². The molecule has 1 aliphatic carbocycles. The number of carbonyl (C=O) groups excluding carboxylic acids is 1. The molecule has 1 aliphatic heterocycles. The van der Waals surface area contributed by atoms with Crippen LogP contribution < -0.4 is 0 Å². The first-order valence-corrected chi connectivity index (χ1v) is 9.45. The molecule has 0 fully saturated rings. The minimum atomic E-state index is -0.506. The number of carbonyl (C=O) groups is 1. The van der Waals surface area contributed by atoms with E-state index in [0.29, 0.717) is 0 Å². The van der Waals surface area contributed by atoms with E-state index < -0.39 is 5.54 Å². The van der Waals surface area contributed by atoms with Crippen LogP contribution in [-0.2, 0) is 12.0 Å². The third-order valence-corrected chi connectivity index (χ3v) is 6.12. The minimum Gasteiger partial charge on any atom is -0.394 e. The lowest BCUT2D eigenvalue weighted by molar-refractivity contribution is 0.0345. The standard InChI is InChI=1S/C24H21NO2/c26-16-22(18-9-2-1-3-10-18)25-23(27)19-11-5-7-13-21(19)24(25)15-14-17-8-4-6-12-20(17)24/h1-13,22,26H,14-16H2/t22-,24-/m0/s1. The van der Waals surface area contributed by atoms with Crippen molar-refractivity contribution in [1.82, 2.24) is 4.90 Å². The molecule has 5 rings (SSSR count). The lowest BCUT2D eigenvalue weighted by atomic mass is 9.83. The normalized spacial score (nSPS) is 21.4. The Balaban J connectivity index is 1.77. The van der Waals surface area contributed by atoms with Crippen LogP contribution in [0.4, 0.5) is 0 Å². The average molecular weight is 355 g/mol. The zero-order chi connectivity index (χ0) is 18.4. The molecule has 3 nitrogen and oxygen atoms in total. The van der Waals surface area contributed by atoms with E-state index in [2.05, 4.69) is 24.3 Å². The number of benzene rings is 3. The second-order valence-corrected chi connectivity index (χ2v) is 7.35. The van der Waals surface area contributed by atoms with Crippen molar-refractivity contribution in [3.05, 3.63) is 107 Å². The molecular formula is C24H21NO2. The summed E-state index contributed by atoms with van der Waals surface area (Å²) in [5, 5.41) is 10.3. The zero-order valence-corrected chi connectivity index (χ0v) is 15.0. The van der Waals surface area contributed by atoms with E-state index in [9.17, 15) is 9.90 Å². The third kappa shape index (κ3) is 2.15. The number of nitrogens with zero attached hydrogens (tertiary/aromatic N) is 1. The summed E-state index contributed by atoms with van der Waals surface area (Å²) in [5.74, 6) is 0.00482. The SMILES string of the molecule is O=C1c2ccccc2[C@@]2(CCc3ccccc32)N1[C@@H](CO)c1ccccc1. The van der Waals surface area contributed by atoms with Gasteiger partial charge < -0.3 is 10.0 Å². The highest BCUT2D eigenvalue weighted by Gasteiger charge is 2.55. The van der Waals surface area contributed by atoms with Gasteiger partial charge in [0, 0.05) is 5.56 Å². The molecule has 0 saturated carbocycles. The van der Waals surface area contributed by atoms with Crippen LogP contribution in [0.25, 0.3) is 0 Å². The largest absolute Gasteiger partial charge is 0.394 e. The average Bonchev–Trinajstić information content (AvgIpc) is 3.23. The molecule has 0 bridgehead atoms. The number of hydrogen-bond donors (Lipinski definition) is 1. The fourth-order valence-corrected chi connectivity index (χ4v) is 5.00. The number of rotatable bonds is 3. The second kappa shape index (κ2) is 6.07. The maximum atomic E-state index is 13.6. The number of amides is 1. The van der Waals surface area contributed by atoms with Gasteiger partial charge in [0.15, 0.2) is 0 Å². The lowest BCUT2D eigenvalue weighted by Gasteiger charge is -2.42. The van der Waals surface area contributed by atoms with E-state index in [4.69, 9.17) is 0 Å². The van der Waals surface area contributed by atoms with Gasteiger partial charge in [0.05, 0.1) is 18.2 Å². The van der Waals surface area contributed by atoms with Gasteiger partial charge in [-0.3, -0.25) is 4.79 Å². The highest BCUT2D eigenvalue weighted by molar-refractivity contribution is 6.01. The Labute approximate surface area is 158 Å². The highest BCUT2D eigenvalue weighted by Crippen LogP contribution is 2.54. The van der Waals surface area contributed by atoms with Crippen LogP contribution in [0.3, 0.4) is 0 Å². The Hall–Kier alpha value is -2.91. The molecule has 0 aromatic heterocycles. The van der Waals surface area contributed by atoms with Crippen molar-refractivity contribution in [2.75, 3.05) is 6.61 Å². The topological polar surface area (TPSA) is 40.5 Å². The van der Waals surface area contributed by atoms with E-state index in [-0.39, 0.29) is 18.6 Å². The van der Waals surface area contributed by atoms with Crippen LogP contribution in [0.15, 0.2) is 78.9 Å². The van der Waals surface area contributed by atoms with Gasteiger partial charge in [0.25, 0.3) is 5.91 Å². The first-order chi connectivity index (χ1) is 13.3. The molecule has 27 heavy (non-hydrogen) atoms. The van der Waals surface area contributed by atoms with E-state index >= 15 is 0 Å². The Bertz CT molecular complexity index is 1010. The molecule has 3 aromatic rings. The lowest BCUT2D eigenvalue weighted by Crippen LogP contribution is -2.46. The molecule has 0 unspecified atom stereocenters. The van der Waals surface area contributed by atoms with Crippen LogP contribution in [0.1, 0.15) is 45.1 Å². The van der Waals surface area contributed by atoms with Gasteiger partial charge in [-0.15, -0.1) is 0 Å². The fourth-order valence-electron chi connectivity index (χ4n) is 5.00. The molecule has 0 radical (unpaired) electrons. The van der Waals surface area contributed by atoms with Crippen LogP contribution in [0.2, 0.25) is 0 Å². The number of aryl methyl sites for hydroxylation is 1. The smallest absolute Gasteiger partial charge is 0.255 e. The van der Waals surface area contributed by atoms with Gasteiger partial charge in [-0.2, -0.15) is 0 Å². The zero-order valence-electron chi connectivity index (χ0n) is 15.0. The molecule has 1 amide bonds. The van der Waals surface area contributed by atoms with Crippen LogP contribution in [0.5, 0.6) is 0 Å². The second-order valence-electron chi connectivity index (χ2n) is 7.35. The monoisotopic (exact) mass is 355 g/mol. The van der Waals surface area contributed by atoms with Crippen molar-refractivity contribution >= 4 is 5.91 Å². The van der Waals surface area contributed by atoms with Crippen molar-refractivity contribution in [3.63, 3.8) is 0 Å². The fraction of sp³-hybridized carbons (Fsp3) is 0.208. The molecule has 3 heteroatoms. The molecule has 2 atom stereocenters. The van der Waals surface area contributed by atoms with E-state index in [1.165, 1.54) is 11.1 Å².